The van der Waals surface area contributed by atoms with E-state index in [2.05, 4.69) is 14.9 Å². The summed E-state index contributed by atoms with van der Waals surface area (Å²) in [6.45, 7) is 3.54. The van der Waals surface area contributed by atoms with Crippen LogP contribution in [0.4, 0.5) is 17.6 Å². The van der Waals surface area contributed by atoms with Gasteiger partial charge in [0.1, 0.15) is 16.5 Å². The highest BCUT2D eigenvalue weighted by atomic mass is 35.5. The van der Waals surface area contributed by atoms with Crippen molar-refractivity contribution in [1.29, 1.82) is 0 Å². The fourth-order valence-corrected chi connectivity index (χ4v) is 4.59. The van der Waals surface area contributed by atoms with Gasteiger partial charge < -0.3 is 4.74 Å². The van der Waals surface area contributed by atoms with Gasteiger partial charge in [-0.2, -0.15) is 13.2 Å². The molecule has 0 amide bonds. The summed E-state index contributed by atoms with van der Waals surface area (Å²) in [4.78, 5) is -0.510. The van der Waals surface area contributed by atoms with Gasteiger partial charge >= 0.3 is 12.2 Å². The lowest BCUT2D eigenvalue weighted by atomic mass is 10.2. The molecule has 1 N–H and O–H groups in total. The number of rotatable bonds is 7. The van der Waals surface area contributed by atoms with E-state index in [0.717, 1.165) is 6.07 Å². The predicted molar refractivity (Wildman–Crippen MR) is 107 cm³/mol. The zero-order valence-electron chi connectivity index (χ0n) is 16.7. The summed E-state index contributed by atoms with van der Waals surface area (Å²) < 4.78 is 86.4. The van der Waals surface area contributed by atoms with Gasteiger partial charge in [0.15, 0.2) is 5.82 Å². The van der Waals surface area contributed by atoms with Crippen molar-refractivity contribution < 1.29 is 30.7 Å². The number of ether oxygens (including phenoxy) is 1. The Kier molecular flexibility index (Phi) is 6.77. The molecule has 1 atom stereocenters. The van der Waals surface area contributed by atoms with Crippen molar-refractivity contribution in [3.8, 4) is 11.8 Å². The van der Waals surface area contributed by atoms with Crippen molar-refractivity contribution >= 4 is 21.6 Å². The molecule has 3 rings (SSSR count). The molecule has 0 aliphatic carbocycles. The minimum absolute atomic E-state index is 0.0488. The number of halogens is 5. The Bertz CT molecular complexity index is 1210. The molecule has 172 valence electrons. The smallest absolute Gasteiger partial charge is 0.416 e. The zero-order valence-corrected chi connectivity index (χ0v) is 18.3. The van der Waals surface area contributed by atoms with Gasteiger partial charge in [0.05, 0.1) is 16.6 Å². The number of hydrogen-bond donors (Lipinski definition) is 1. The van der Waals surface area contributed by atoms with Gasteiger partial charge in [-0.1, -0.05) is 16.7 Å². The van der Waals surface area contributed by atoms with Crippen LogP contribution in [0.3, 0.4) is 0 Å². The molecule has 0 aliphatic rings. The maximum absolute atomic E-state index is 13.1. The highest BCUT2D eigenvalue weighted by molar-refractivity contribution is 7.89. The Morgan fingerprint density at radius 2 is 1.81 bits per heavy atom. The first kappa shape index (κ1) is 24.0. The maximum atomic E-state index is 13.1. The largest absolute Gasteiger partial charge is 0.424 e. The lowest BCUT2D eigenvalue weighted by Gasteiger charge is -2.16. The molecule has 2 aromatic carbocycles. The molecule has 0 saturated heterocycles. The lowest BCUT2D eigenvalue weighted by molar-refractivity contribution is -0.137. The van der Waals surface area contributed by atoms with Crippen molar-refractivity contribution in [1.82, 2.24) is 19.5 Å². The van der Waals surface area contributed by atoms with E-state index in [1.165, 1.54) is 35.8 Å². The number of nitrogens with one attached hydrogen (secondary N) is 1. The van der Waals surface area contributed by atoms with Crippen molar-refractivity contribution in [2.24, 2.45) is 0 Å². The number of nitrogens with zero attached hydrogens (tertiary/aromatic N) is 3. The average Bonchev–Trinajstić information content (AvgIpc) is 3.11. The third-order valence-electron chi connectivity index (χ3n) is 4.35. The van der Waals surface area contributed by atoms with Gasteiger partial charge in [-0.05, 0) is 56.3 Å². The predicted octanol–water partition coefficient (Wildman–Crippen LogP) is 4.94. The number of sulfonamides is 1. The van der Waals surface area contributed by atoms with E-state index in [4.69, 9.17) is 16.3 Å². The highest BCUT2D eigenvalue weighted by Gasteiger charge is 2.32. The minimum Gasteiger partial charge on any atom is -0.424 e. The summed E-state index contributed by atoms with van der Waals surface area (Å²) in [5.41, 5.74) is -1.07. The van der Waals surface area contributed by atoms with Crippen LogP contribution in [0.5, 0.6) is 11.8 Å². The summed E-state index contributed by atoms with van der Waals surface area (Å²) in [7, 11) is -4.29. The molecule has 7 nitrogen and oxygen atoms in total. The second-order valence-corrected chi connectivity index (χ2v) is 8.72. The second-order valence-electron chi connectivity index (χ2n) is 6.63. The average molecular weight is 493 g/mol. The quantitative estimate of drug-likeness (QED) is 0.472. The number of aromatic nitrogens is 3. The molecule has 3 aromatic rings. The van der Waals surface area contributed by atoms with E-state index >= 15 is 0 Å². The zero-order chi connectivity index (χ0) is 23.7. The van der Waals surface area contributed by atoms with Gasteiger partial charge in [0, 0.05) is 6.54 Å². The molecule has 0 unspecified atom stereocenters. The van der Waals surface area contributed by atoms with Crippen LogP contribution in [0.15, 0.2) is 47.4 Å². The molecule has 0 aliphatic heterocycles. The molecule has 1 aromatic heterocycles. The van der Waals surface area contributed by atoms with Crippen LogP contribution < -0.4 is 9.46 Å². The second kappa shape index (κ2) is 9.04. The molecular formula is C19H17ClF4N4O3S. The molecule has 0 radical (unpaired) electrons. The third-order valence-corrected chi connectivity index (χ3v) is 6.38. The summed E-state index contributed by atoms with van der Waals surface area (Å²) in [5, 5.41) is 7.28. The minimum atomic E-state index is -4.66. The van der Waals surface area contributed by atoms with Crippen LogP contribution in [-0.4, -0.2) is 23.2 Å². The van der Waals surface area contributed by atoms with Crippen molar-refractivity contribution in [3.63, 3.8) is 0 Å². The Hall–Kier alpha value is -2.70. The molecule has 13 heteroatoms. The first-order valence-corrected chi connectivity index (χ1v) is 11.0. The fourth-order valence-electron chi connectivity index (χ4n) is 2.85. The van der Waals surface area contributed by atoms with Crippen molar-refractivity contribution in [2.45, 2.75) is 37.5 Å². The summed E-state index contributed by atoms with van der Waals surface area (Å²) in [6, 6.07) is 6.27. The molecule has 1 heterocycles. The molecule has 32 heavy (non-hydrogen) atoms. The van der Waals surface area contributed by atoms with E-state index < -0.39 is 43.5 Å². The summed E-state index contributed by atoms with van der Waals surface area (Å²) in [6.07, 6.45) is -4.66. The Labute approximate surface area is 186 Å². The van der Waals surface area contributed by atoms with Crippen LogP contribution in [0.2, 0.25) is 5.02 Å². The highest BCUT2D eigenvalue weighted by Crippen LogP contribution is 2.34. The maximum Gasteiger partial charge on any atom is 0.416 e. The van der Waals surface area contributed by atoms with E-state index in [0.29, 0.717) is 24.4 Å². The monoisotopic (exact) mass is 492 g/mol. The number of benzene rings is 2. The number of alkyl halides is 3. The topological polar surface area (TPSA) is 86.1 Å². The molecule has 0 fully saturated rings. The molecular weight excluding hydrogens is 476 g/mol. The Morgan fingerprint density at radius 1 is 1.16 bits per heavy atom. The van der Waals surface area contributed by atoms with Gasteiger partial charge in [0.2, 0.25) is 10.0 Å². The summed E-state index contributed by atoms with van der Waals surface area (Å²) in [5.74, 6) is 0.0426. The van der Waals surface area contributed by atoms with Crippen molar-refractivity contribution in [3.05, 3.63) is 64.7 Å². The first-order valence-electron chi connectivity index (χ1n) is 9.18. The van der Waals surface area contributed by atoms with E-state index in [9.17, 15) is 26.0 Å². The summed E-state index contributed by atoms with van der Waals surface area (Å²) >= 11 is 5.81. The molecule has 0 saturated carbocycles. The van der Waals surface area contributed by atoms with Gasteiger partial charge in [0.25, 0.3) is 0 Å². The SMILES string of the molecule is CCn1c(Oc2ccc(F)cc2)nnc1[C@@H](C)NS(=O)(=O)c1ccc(C(F)(F)F)cc1Cl. The molecule has 0 spiro atoms. The van der Waals surface area contributed by atoms with Crippen LogP contribution in [0.25, 0.3) is 0 Å². The third kappa shape index (κ3) is 5.19. The van der Waals surface area contributed by atoms with Gasteiger partial charge in [-0.3, -0.25) is 4.57 Å². The fraction of sp³-hybridized carbons (Fsp3) is 0.263. The standard InChI is InChI=1S/C19H17ClF4N4O3S/c1-3-28-17(25-26-18(28)31-14-7-5-13(21)6-8-14)11(2)27-32(29,30)16-9-4-12(10-15(16)20)19(22,23)24/h4-11,27H,3H2,1-2H3/t11-/m1/s1. The van der Waals surface area contributed by atoms with Crippen LogP contribution >= 0.6 is 11.6 Å². The van der Waals surface area contributed by atoms with Crippen molar-refractivity contribution in [2.75, 3.05) is 0 Å². The van der Waals surface area contributed by atoms with Gasteiger partial charge in [-0.25, -0.2) is 17.5 Å². The van der Waals surface area contributed by atoms with Crippen LogP contribution in [0.1, 0.15) is 31.3 Å². The first-order chi connectivity index (χ1) is 14.9. The van der Waals surface area contributed by atoms with E-state index in [1.54, 1.807) is 6.92 Å². The normalized spacial score (nSPS) is 13.2. The van der Waals surface area contributed by atoms with Gasteiger partial charge in [-0.15, -0.1) is 5.10 Å². The van der Waals surface area contributed by atoms with E-state index in [1.807, 2.05) is 0 Å². The van der Waals surface area contributed by atoms with Crippen LogP contribution in [-0.2, 0) is 22.7 Å². The molecule has 0 bridgehead atoms. The van der Waals surface area contributed by atoms with E-state index in [-0.39, 0.29) is 11.8 Å². The number of hydrogen-bond acceptors (Lipinski definition) is 5. The Morgan fingerprint density at radius 3 is 2.38 bits per heavy atom. The van der Waals surface area contributed by atoms with Crippen LogP contribution in [0, 0.1) is 5.82 Å². The Balaban J connectivity index is 1.84. The lowest BCUT2D eigenvalue weighted by Crippen LogP contribution is -2.29.